The fourth-order valence-corrected chi connectivity index (χ4v) is 2.83. The zero-order chi connectivity index (χ0) is 16.1. The van der Waals surface area contributed by atoms with Gasteiger partial charge < -0.3 is 14.4 Å². The summed E-state index contributed by atoms with van der Waals surface area (Å²) in [5, 5.41) is 11.6. The minimum Gasteiger partial charge on any atom is -0.480 e. The summed E-state index contributed by atoms with van der Waals surface area (Å²) in [5.41, 5.74) is 1.51. The number of amides is 1. The average Bonchev–Trinajstić information content (AvgIpc) is 3.14. The lowest BCUT2D eigenvalue weighted by Gasteiger charge is -2.26. The average molecular weight is 322 g/mol. The molecule has 0 spiro atoms. The topological polar surface area (TPSA) is 83.6 Å². The third kappa shape index (κ3) is 3.94. The zero-order valence-electron chi connectivity index (χ0n) is 12.5. The van der Waals surface area contributed by atoms with Gasteiger partial charge in [-0.25, -0.2) is 4.98 Å². The van der Waals surface area contributed by atoms with Crippen molar-refractivity contribution < 1.29 is 19.1 Å². The Morgan fingerprint density at radius 3 is 2.86 bits per heavy atom. The molecule has 0 aromatic carbocycles. The van der Waals surface area contributed by atoms with Gasteiger partial charge >= 0.3 is 5.97 Å². The molecular weight excluding hydrogens is 304 g/mol. The fourth-order valence-electron chi connectivity index (χ4n) is 2.02. The van der Waals surface area contributed by atoms with Crippen LogP contribution in [0.2, 0.25) is 0 Å². The number of thiazole rings is 1. The number of nitrogens with zero attached hydrogens (tertiary/aromatic N) is 2. The highest BCUT2D eigenvalue weighted by molar-refractivity contribution is 7.13. The molecule has 118 valence electrons. The van der Waals surface area contributed by atoms with E-state index < -0.39 is 5.97 Å². The van der Waals surface area contributed by atoms with Gasteiger partial charge in [0.1, 0.15) is 17.8 Å². The van der Waals surface area contributed by atoms with Crippen molar-refractivity contribution in [3.63, 3.8) is 0 Å². The highest BCUT2D eigenvalue weighted by Crippen LogP contribution is 2.24. The van der Waals surface area contributed by atoms with Crippen molar-refractivity contribution in [2.45, 2.75) is 32.7 Å². The predicted octanol–water partition coefficient (Wildman–Crippen LogP) is 2.66. The largest absolute Gasteiger partial charge is 0.480 e. The third-order valence-electron chi connectivity index (χ3n) is 3.40. The van der Waals surface area contributed by atoms with Crippen molar-refractivity contribution in [2.75, 3.05) is 6.54 Å². The molecule has 2 aromatic rings. The van der Waals surface area contributed by atoms with Gasteiger partial charge in [0.05, 0.1) is 18.4 Å². The highest BCUT2D eigenvalue weighted by Gasteiger charge is 2.22. The Morgan fingerprint density at radius 2 is 2.27 bits per heavy atom. The van der Waals surface area contributed by atoms with Crippen LogP contribution in [0.1, 0.15) is 26.0 Å². The summed E-state index contributed by atoms with van der Waals surface area (Å²) in [6, 6.07) is 1.69. The van der Waals surface area contributed by atoms with E-state index in [2.05, 4.69) is 4.98 Å². The van der Waals surface area contributed by atoms with Crippen LogP contribution < -0.4 is 0 Å². The quantitative estimate of drug-likeness (QED) is 0.847. The number of carboxylic acid groups (broad SMARTS) is 1. The van der Waals surface area contributed by atoms with E-state index in [0.29, 0.717) is 12.1 Å². The molecule has 0 aliphatic carbocycles. The maximum atomic E-state index is 12.4. The maximum absolute atomic E-state index is 12.4. The number of aliphatic carboxylic acids is 1. The normalized spacial score (nSPS) is 12.1. The monoisotopic (exact) mass is 322 g/mol. The fraction of sp³-hybridized carbons (Fsp3) is 0.400. The molecule has 22 heavy (non-hydrogen) atoms. The molecule has 1 unspecified atom stereocenters. The Labute approximate surface area is 132 Å². The lowest BCUT2D eigenvalue weighted by Crippen LogP contribution is -2.42. The van der Waals surface area contributed by atoms with Gasteiger partial charge in [0.15, 0.2) is 0 Å². The number of furan rings is 1. The molecule has 0 saturated heterocycles. The van der Waals surface area contributed by atoms with Gasteiger partial charge in [0.2, 0.25) is 5.91 Å². The van der Waals surface area contributed by atoms with Crippen molar-refractivity contribution in [1.82, 2.24) is 9.88 Å². The smallest absolute Gasteiger partial charge is 0.323 e. The van der Waals surface area contributed by atoms with Gasteiger partial charge in [0.25, 0.3) is 0 Å². The third-order valence-corrected chi connectivity index (χ3v) is 4.34. The second-order valence-corrected chi connectivity index (χ2v) is 5.86. The number of hydrogen-bond donors (Lipinski definition) is 1. The van der Waals surface area contributed by atoms with E-state index in [1.54, 1.807) is 18.6 Å². The number of rotatable bonds is 7. The molecule has 1 atom stereocenters. The van der Waals surface area contributed by atoms with Gasteiger partial charge in [-0.05, 0) is 19.4 Å². The summed E-state index contributed by atoms with van der Waals surface area (Å²) in [6.45, 7) is 3.48. The molecule has 1 N–H and O–H groups in total. The Bertz CT molecular complexity index is 636. The number of carboxylic acids is 1. The molecule has 0 aliphatic heterocycles. The van der Waals surface area contributed by atoms with Crippen molar-refractivity contribution in [3.05, 3.63) is 29.7 Å². The minimum atomic E-state index is -1.01. The first-order valence-corrected chi connectivity index (χ1v) is 7.87. The molecule has 2 rings (SSSR count). The van der Waals surface area contributed by atoms with Crippen LogP contribution in [0.25, 0.3) is 10.6 Å². The van der Waals surface area contributed by atoms with Crippen LogP contribution in [0.3, 0.4) is 0 Å². The van der Waals surface area contributed by atoms with Crippen LogP contribution in [0.5, 0.6) is 0 Å². The number of aromatic nitrogens is 1. The lowest BCUT2D eigenvalue weighted by molar-refractivity contribution is -0.145. The van der Waals surface area contributed by atoms with Crippen LogP contribution >= 0.6 is 11.3 Å². The molecule has 0 fully saturated rings. The minimum absolute atomic E-state index is 0.103. The second kappa shape index (κ2) is 7.22. The summed E-state index contributed by atoms with van der Waals surface area (Å²) < 4.78 is 5.01. The van der Waals surface area contributed by atoms with Crippen molar-refractivity contribution >= 4 is 23.2 Å². The molecule has 6 nitrogen and oxygen atoms in total. The van der Waals surface area contributed by atoms with Gasteiger partial charge in [-0.15, -0.1) is 11.3 Å². The second-order valence-electron chi connectivity index (χ2n) is 5.01. The van der Waals surface area contributed by atoms with E-state index >= 15 is 0 Å². The van der Waals surface area contributed by atoms with Crippen LogP contribution in [0.15, 0.2) is 28.4 Å². The van der Waals surface area contributed by atoms with Crippen LogP contribution in [-0.2, 0) is 16.0 Å². The molecule has 1 amide bonds. The van der Waals surface area contributed by atoms with Crippen LogP contribution in [0.4, 0.5) is 0 Å². The molecule has 0 saturated carbocycles. The van der Waals surface area contributed by atoms with Crippen LogP contribution in [0, 0.1) is 0 Å². The van der Waals surface area contributed by atoms with E-state index in [4.69, 9.17) is 9.52 Å². The summed E-state index contributed by atoms with van der Waals surface area (Å²) in [7, 11) is 0. The van der Waals surface area contributed by atoms with Gasteiger partial charge in [-0.2, -0.15) is 0 Å². The standard InChI is InChI=1S/C15H18N2O4S/c1-3-10(2)17(7-14(19)20)13(18)6-12-9-22-15(16-12)11-4-5-21-8-11/h4-5,8-10H,3,6-7H2,1-2H3,(H,19,20). The predicted molar refractivity (Wildman–Crippen MR) is 82.6 cm³/mol. The molecule has 2 aromatic heterocycles. The van der Waals surface area contributed by atoms with Crippen LogP contribution in [-0.4, -0.2) is 39.5 Å². The first-order valence-electron chi connectivity index (χ1n) is 6.99. The van der Waals surface area contributed by atoms with Crippen molar-refractivity contribution in [2.24, 2.45) is 0 Å². The molecule has 2 heterocycles. The highest BCUT2D eigenvalue weighted by atomic mass is 32.1. The molecule has 0 radical (unpaired) electrons. The SMILES string of the molecule is CCC(C)N(CC(=O)O)C(=O)Cc1csc(-c2ccoc2)n1. The van der Waals surface area contributed by atoms with Gasteiger partial charge in [-0.1, -0.05) is 6.92 Å². The molecular formula is C15H18N2O4S. The maximum Gasteiger partial charge on any atom is 0.323 e. The molecule has 7 heteroatoms. The summed E-state index contributed by atoms with van der Waals surface area (Å²) in [5.74, 6) is -1.23. The number of hydrogen-bond acceptors (Lipinski definition) is 5. The summed E-state index contributed by atoms with van der Waals surface area (Å²) in [4.78, 5) is 29.1. The zero-order valence-corrected chi connectivity index (χ0v) is 13.3. The van der Waals surface area contributed by atoms with E-state index in [1.165, 1.54) is 16.2 Å². The molecule has 0 bridgehead atoms. The lowest BCUT2D eigenvalue weighted by atomic mass is 10.2. The number of carbonyl (C=O) groups excluding carboxylic acids is 1. The Hall–Kier alpha value is -2.15. The van der Waals surface area contributed by atoms with E-state index in [-0.39, 0.29) is 24.9 Å². The Kier molecular flexibility index (Phi) is 5.32. The van der Waals surface area contributed by atoms with Crippen molar-refractivity contribution in [1.29, 1.82) is 0 Å². The Balaban J connectivity index is 2.07. The van der Waals surface area contributed by atoms with E-state index in [9.17, 15) is 9.59 Å². The Morgan fingerprint density at radius 1 is 1.50 bits per heavy atom. The summed E-state index contributed by atoms with van der Waals surface area (Å²) >= 11 is 1.43. The molecule has 0 aliphatic rings. The first-order chi connectivity index (χ1) is 10.5. The van der Waals surface area contributed by atoms with Gasteiger partial charge in [-0.3, -0.25) is 9.59 Å². The van der Waals surface area contributed by atoms with Crippen molar-refractivity contribution in [3.8, 4) is 10.6 Å². The first kappa shape index (κ1) is 16.2. The van der Waals surface area contributed by atoms with E-state index in [1.807, 2.05) is 19.2 Å². The number of carbonyl (C=O) groups is 2. The van der Waals surface area contributed by atoms with E-state index in [0.717, 1.165) is 10.6 Å². The summed E-state index contributed by atoms with van der Waals surface area (Å²) in [6.07, 6.45) is 3.97. The van der Waals surface area contributed by atoms with Gasteiger partial charge in [0, 0.05) is 17.0 Å².